The van der Waals surface area contributed by atoms with E-state index in [9.17, 15) is 8.42 Å². The lowest BCUT2D eigenvalue weighted by Crippen LogP contribution is -2.36. The van der Waals surface area contributed by atoms with E-state index in [4.69, 9.17) is 5.11 Å². The average Bonchev–Trinajstić information content (AvgIpc) is 2.44. The highest BCUT2D eigenvalue weighted by Crippen LogP contribution is 2.22. The molecule has 0 amide bonds. The van der Waals surface area contributed by atoms with Gasteiger partial charge in [0.1, 0.15) is 0 Å². The van der Waals surface area contributed by atoms with Crippen LogP contribution in [0.1, 0.15) is 13.3 Å². The molecule has 5 heteroatoms. The maximum Gasteiger partial charge on any atom is 0.241 e. The van der Waals surface area contributed by atoms with Gasteiger partial charge in [-0.15, -0.1) is 0 Å². The Kier molecular flexibility index (Phi) is 4.19. The number of benzene rings is 2. The third-order valence-electron chi connectivity index (χ3n) is 3.07. The zero-order valence-electron chi connectivity index (χ0n) is 10.7. The molecule has 0 aliphatic carbocycles. The Bertz CT molecular complexity index is 658. The lowest BCUT2D eigenvalue weighted by atomic mass is 10.1. The van der Waals surface area contributed by atoms with Crippen LogP contribution in [0.15, 0.2) is 47.4 Å². The van der Waals surface area contributed by atoms with E-state index in [1.54, 1.807) is 18.2 Å². The molecule has 0 heterocycles. The molecule has 0 aliphatic rings. The van der Waals surface area contributed by atoms with Crippen LogP contribution in [-0.2, 0) is 10.0 Å². The summed E-state index contributed by atoms with van der Waals surface area (Å²) in [7, 11) is -3.62. The van der Waals surface area contributed by atoms with Crippen molar-refractivity contribution >= 4 is 20.8 Å². The molecule has 0 saturated heterocycles. The number of fused-ring (bicyclic) bond motifs is 1. The Labute approximate surface area is 113 Å². The molecule has 0 bridgehead atoms. The van der Waals surface area contributed by atoms with Gasteiger partial charge in [-0.2, -0.15) is 0 Å². The lowest BCUT2D eigenvalue weighted by molar-refractivity contribution is 0.254. The van der Waals surface area contributed by atoms with Crippen molar-refractivity contribution in [2.45, 2.75) is 24.3 Å². The van der Waals surface area contributed by atoms with Gasteiger partial charge in [-0.1, -0.05) is 43.3 Å². The molecule has 2 N–H and O–H groups in total. The molecular formula is C14H17NO3S. The summed E-state index contributed by atoms with van der Waals surface area (Å²) in [4.78, 5) is 0.248. The maximum absolute atomic E-state index is 12.4. The number of hydrogen-bond donors (Lipinski definition) is 2. The van der Waals surface area contributed by atoms with E-state index >= 15 is 0 Å². The normalized spacial score (nSPS) is 13.6. The molecule has 0 saturated carbocycles. The minimum absolute atomic E-state index is 0.208. The van der Waals surface area contributed by atoms with Crippen molar-refractivity contribution in [3.8, 4) is 0 Å². The standard InChI is InChI=1S/C14H17NO3S/c1-2-12(10-16)15-19(17,18)14-9-5-7-11-6-3-4-8-13(11)14/h3-9,12,15-16H,2,10H2,1H3. The molecule has 4 nitrogen and oxygen atoms in total. The number of aliphatic hydroxyl groups is 1. The van der Waals surface area contributed by atoms with E-state index in [0.29, 0.717) is 11.8 Å². The summed E-state index contributed by atoms with van der Waals surface area (Å²) in [6.07, 6.45) is 0.542. The third-order valence-corrected chi connectivity index (χ3v) is 4.65. The molecular weight excluding hydrogens is 262 g/mol. The molecule has 0 radical (unpaired) electrons. The SMILES string of the molecule is CCC(CO)NS(=O)(=O)c1cccc2ccccc12. The molecule has 0 aliphatic heterocycles. The quantitative estimate of drug-likeness (QED) is 0.878. The molecule has 0 aromatic heterocycles. The Morgan fingerprint density at radius 3 is 2.53 bits per heavy atom. The van der Waals surface area contributed by atoms with Crippen LogP contribution < -0.4 is 4.72 Å². The average molecular weight is 279 g/mol. The van der Waals surface area contributed by atoms with E-state index in [1.165, 1.54) is 0 Å². The fourth-order valence-corrected chi connectivity index (χ4v) is 3.50. The summed E-state index contributed by atoms with van der Waals surface area (Å²) in [6.45, 7) is 1.62. The van der Waals surface area contributed by atoms with Crippen molar-refractivity contribution in [3.63, 3.8) is 0 Å². The third kappa shape index (κ3) is 2.94. The first-order chi connectivity index (χ1) is 9.08. The fraction of sp³-hybridized carbons (Fsp3) is 0.286. The van der Waals surface area contributed by atoms with E-state index in [2.05, 4.69) is 4.72 Å². The number of hydrogen-bond acceptors (Lipinski definition) is 3. The summed E-state index contributed by atoms with van der Waals surface area (Å²) in [5.41, 5.74) is 0. The van der Waals surface area contributed by atoms with Crippen LogP contribution in [0.4, 0.5) is 0 Å². The Hall–Kier alpha value is -1.43. The van der Waals surface area contributed by atoms with E-state index in [-0.39, 0.29) is 11.5 Å². The second kappa shape index (κ2) is 5.69. The minimum Gasteiger partial charge on any atom is -0.395 e. The monoisotopic (exact) mass is 279 g/mol. The molecule has 1 atom stereocenters. The summed E-state index contributed by atoms with van der Waals surface area (Å²) in [6, 6.07) is 12.0. The van der Waals surface area contributed by atoms with Crippen LogP contribution in [-0.4, -0.2) is 26.2 Å². The van der Waals surface area contributed by atoms with Gasteiger partial charge in [0.15, 0.2) is 0 Å². The molecule has 2 rings (SSSR count). The van der Waals surface area contributed by atoms with Crippen molar-refractivity contribution in [1.82, 2.24) is 4.72 Å². The summed E-state index contributed by atoms with van der Waals surface area (Å²) in [5.74, 6) is 0. The van der Waals surface area contributed by atoms with Crippen LogP contribution in [0, 0.1) is 0 Å². The van der Waals surface area contributed by atoms with Crippen molar-refractivity contribution in [1.29, 1.82) is 0 Å². The van der Waals surface area contributed by atoms with Crippen molar-refractivity contribution in [2.24, 2.45) is 0 Å². The van der Waals surface area contributed by atoms with Crippen LogP contribution in [0.2, 0.25) is 0 Å². The zero-order valence-corrected chi connectivity index (χ0v) is 11.5. The molecule has 102 valence electrons. The first-order valence-corrected chi connectivity index (χ1v) is 7.67. The maximum atomic E-state index is 12.4. The second-order valence-electron chi connectivity index (χ2n) is 4.39. The first kappa shape index (κ1) is 14.0. The van der Waals surface area contributed by atoms with Crippen molar-refractivity contribution in [2.75, 3.05) is 6.61 Å². The first-order valence-electron chi connectivity index (χ1n) is 6.19. The number of sulfonamides is 1. The van der Waals surface area contributed by atoms with Crippen molar-refractivity contribution < 1.29 is 13.5 Å². The molecule has 19 heavy (non-hydrogen) atoms. The van der Waals surface area contributed by atoms with Crippen LogP contribution in [0.3, 0.4) is 0 Å². The molecule has 2 aromatic rings. The lowest BCUT2D eigenvalue weighted by Gasteiger charge is -2.15. The number of rotatable bonds is 5. The van der Waals surface area contributed by atoms with Gasteiger partial charge in [0.25, 0.3) is 0 Å². The summed E-state index contributed by atoms with van der Waals surface area (Å²) in [5, 5.41) is 10.7. The van der Waals surface area contributed by atoms with Crippen LogP contribution >= 0.6 is 0 Å². The highest BCUT2D eigenvalue weighted by Gasteiger charge is 2.20. The van der Waals surface area contributed by atoms with Gasteiger partial charge >= 0.3 is 0 Å². The predicted molar refractivity (Wildman–Crippen MR) is 75.4 cm³/mol. The minimum atomic E-state index is -3.62. The largest absolute Gasteiger partial charge is 0.395 e. The van der Waals surface area contributed by atoms with Gasteiger partial charge in [0, 0.05) is 11.4 Å². The molecule has 0 fully saturated rings. The van der Waals surface area contributed by atoms with E-state index in [0.717, 1.165) is 5.39 Å². The van der Waals surface area contributed by atoms with Gasteiger partial charge < -0.3 is 5.11 Å². The molecule has 1 unspecified atom stereocenters. The highest BCUT2D eigenvalue weighted by molar-refractivity contribution is 7.89. The van der Waals surface area contributed by atoms with Gasteiger partial charge in [-0.05, 0) is 17.9 Å². The smallest absolute Gasteiger partial charge is 0.241 e. The second-order valence-corrected chi connectivity index (χ2v) is 6.07. The summed E-state index contributed by atoms with van der Waals surface area (Å²) >= 11 is 0. The topological polar surface area (TPSA) is 66.4 Å². The van der Waals surface area contributed by atoms with Crippen molar-refractivity contribution in [3.05, 3.63) is 42.5 Å². The van der Waals surface area contributed by atoms with E-state index < -0.39 is 16.1 Å². The fourth-order valence-electron chi connectivity index (χ4n) is 1.96. The van der Waals surface area contributed by atoms with Gasteiger partial charge in [-0.3, -0.25) is 0 Å². The Balaban J connectivity index is 2.49. The van der Waals surface area contributed by atoms with Gasteiger partial charge in [0.05, 0.1) is 11.5 Å². The molecule has 0 spiro atoms. The Morgan fingerprint density at radius 1 is 1.16 bits per heavy atom. The number of nitrogens with one attached hydrogen (secondary N) is 1. The van der Waals surface area contributed by atoms with Gasteiger partial charge in [0.2, 0.25) is 10.0 Å². The number of aliphatic hydroxyl groups excluding tert-OH is 1. The molecule has 2 aromatic carbocycles. The predicted octanol–water partition coefficient (Wildman–Crippen LogP) is 1.89. The summed E-state index contributed by atoms with van der Waals surface area (Å²) < 4.78 is 27.2. The van der Waals surface area contributed by atoms with Crippen LogP contribution in [0.25, 0.3) is 10.8 Å². The van der Waals surface area contributed by atoms with E-state index in [1.807, 2.05) is 31.2 Å². The Morgan fingerprint density at radius 2 is 1.84 bits per heavy atom. The highest BCUT2D eigenvalue weighted by atomic mass is 32.2. The zero-order chi connectivity index (χ0) is 13.9. The van der Waals surface area contributed by atoms with Crippen LogP contribution in [0.5, 0.6) is 0 Å². The van der Waals surface area contributed by atoms with Gasteiger partial charge in [-0.25, -0.2) is 13.1 Å².